The van der Waals surface area contributed by atoms with E-state index in [0.29, 0.717) is 48.1 Å². The highest BCUT2D eigenvalue weighted by molar-refractivity contribution is 6.30. The van der Waals surface area contributed by atoms with Gasteiger partial charge in [-0.2, -0.15) is 5.10 Å². The first kappa shape index (κ1) is 26.9. The Kier molecular flexibility index (Phi) is 7.41. The average molecular weight is 569 g/mol. The molecule has 0 bridgehead atoms. The van der Waals surface area contributed by atoms with Gasteiger partial charge in [0.2, 0.25) is 0 Å². The van der Waals surface area contributed by atoms with Gasteiger partial charge in [0.15, 0.2) is 5.65 Å². The molecule has 3 aromatic carbocycles. The largest absolute Gasteiger partial charge is 0.354 e. The van der Waals surface area contributed by atoms with Crippen LogP contribution in [0.4, 0.5) is 10.2 Å². The van der Waals surface area contributed by atoms with Crippen molar-refractivity contribution in [1.82, 2.24) is 24.6 Å². The highest BCUT2D eigenvalue weighted by Crippen LogP contribution is 2.30. The standard InChI is InChI=1S/C32H30ClFN6O/c1-21-4-6-23(7-5-21)20-28-35-30(29-22(2)37-40(31(29)36-28)27-14-12-26(34)13-15-27)38-16-3-17-39(19-18-38)32(41)24-8-10-25(33)11-9-24/h4-15H,3,16-20H2,1-2H3. The van der Waals surface area contributed by atoms with Crippen LogP contribution in [0.2, 0.25) is 5.02 Å². The zero-order chi connectivity index (χ0) is 28.5. The second kappa shape index (κ2) is 11.3. The fourth-order valence-corrected chi connectivity index (χ4v) is 5.40. The Balaban J connectivity index is 1.38. The number of rotatable bonds is 5. The van der Waals surface area contributed by atoms with Crippen LogP contribution in [0.15, 0.2) is 72.8 Å². The van der Waals surface area contributed by atoms with Crippen molar-refractivity contribution in [2.75, 3.05) is 31.1 Å². The van der Waals surface area contributed by atoms with Crippen molar-refractivity contribution in [2.24, 2.45) is 0 Å². The van der Waals surface area contributed by atoms with Gasteiger partial charge < -0.3 is 9.80 Å². The summed E-state index contributed by atoms with van der Waals surface area (Å²) in [5.74, 6) is 1.18. The zero-order valence-electron chi connectivity index (χ0n) is 23.0. The van der Waals surface area contributed by atoms with Crippen molar-refractivity contribution in [3.8, 4) is 5.69 Å². The summed E-state index contributed by atoms with van der Waals surface area (Å²) >= 11 is 6.03. The maximum absolute atomic E-state index is 13.7. The van der Waals surface area contributed by atoms with E-state index in [4.69, 9.17) is 26.7 Å². The van der Waals surface area contributed by atoms with Crippen LogP contribution in [0.3, 0.4) is 0 Å². The van der Waals surface area contributed by atoms with Gasteiger partial charge in [0.25, 0.3) is 5.91 Å². The normalized spacial score (nSPS) is 14.0. The van der Waals surface area contributed by atoms with Crippen molar-refractivity contribution < 1.29 is 9.18 Å². The fourth-order valence-electron chi connectivity index (χ4n) is 5.27. The summed E-state index contributed by atoms with van der Waals surface area (Å²) in [4.78, 5) is 27.4. The summed E-state index contributed by atoms with van der Waals surface area (Å²) in [5, 5.41) is 6.27. The minimum Gasteiger partial charge on any atom is -0.354 e. The molecule has 1 aliphatic heterocycles. The summed E-state index contributed by atoms with van der Waals surface area (Å²) in [7, 11) is 0. The van der Waals surface area contributed by atoms with Gasteiger partial charge in [0, 0.05) is 43.2 Å². The number of halogens is 2. The molecule has 0 unspecified atom stereocenters. The summed E-state index contributed by atoms with van der Waals surface area (Å²) in [6, 6.07) is 21.6. The minimum absolute atomic E-state index is 0.00304. The first-order valence-corrected chi connectivity index (χ1v) is 14.1. The maximum Gasteiger partial charge on any atom is 0.253 e. The van der Waals surface area contributed by atoms with Crippen molar-refractivity contribution >= 4 is 34.4 Å². The number of benzene rings is 3. The Hall–Kier alpha value is -4.30. The SMILES string of the molecule is Cc1ccc(Cc2nc(N3CCCN(C(=O)c4ccc(Cl)cc4)CC3)c3c(C)nn(-c4ccc(F)cc4)c3n2)cc1. The number of carbonyl (C=O) groups is 1. The van der Waals surface area contributed by atoms with Crippen LogP contribution in [0.5, 0.6) is 0 Å². The first-order valence-electron chi connectivity index (χ1n) is 13.7. The minimum atomic E-state index is -0.306. The molecule has 6 rings (SSSR count). The number of amides is 1. The van der Waals surface area contributed by atoms with E-state index in [1.165, 1.54) is 17.7 Å². The van der Waals surface area contributed by atoms with E-state index < -0.39 is 0 Å². The molecule has 3 heterocycles. The lowest BCUT2D eigenvalue weighted by molar-refractivity contribution is 0.0767. The third kappa shape index (κ3) is 5.65. The van der Waals surface area contributed by atoms with Crippen LogP contribution in [-0.4, -0.2) is 56.7 Å². The molecule has 1 fully saturated rings. The first-order chi connectivity index (χ1) is 19.9. The molecule has 0 saturated carbocycles. The zero-order valence-corrected chi connectivity index (χ0v) is 23.8. The summed E-state index contributed by atoms with van der Waals surface area (Å²) in [5.41, 5.74) is 5.13. The number of anilines is 1. The molecule has 2 aromatic heterocycles. The van der Waals surface area contributed by atoms with Gasteiger partial charge in [-0.1, -0.05) is 41.4 Å². The van der Waals surface area contributed by atoms with Crippen LogP contribution in [0.25, 0.3) is 16.7 Å². The molecule has 1 aliphatic rings. The molecule has 0 radical (unpaired) electrons. The smallest absolute Gasteiger partial charge is 0.253 e. The topological polar surface area (TPSA) is 67.2 Å². The molecule has 1 saturated heterocycles. The van der Waals surface area contributed by atoms with Crippen LogP contribution in [0.1, 0.15) is 39.4 Å². The molecule has 9 heteroatoms. The van der Waals surface area contributed by atoms with Crippen molar-refractivity contribution in [1.29, 1.82) is 0 Å². The van der Waals surface area contributed by atoms with Gasteiger partial charge in [-0.05, 0) is 74.4 Å². The Morgan fingerprint density at radius 1 is 0.878 bits per heavy atom. The molecular weight excluding hydrogens is 539 g/mol. The predicted octanol–water partition coefficient (Wildman–Crippen LogP) is 6.17. The Morgan fingerprint density at radius 3 is 2.34 bits per heavy atom. The Labute approximate surface area is 243 Å². The molecule has 0 spiro atoms. The quantitative estimate of drug-likeness (QED) is 0.254. The van der Waals surface area contributed by atoms with Gasteiger partial charge in [-0.15, -0.1) is 0 Å². The van der Waals surface area contributed by atoms with E-state index in [1.54, 1.807) is 41.1 Å². The van der Waals surface area contributed by atoms with E-state index in [-0.39, 0.29) is 11.7 Å². The second-order valence-electron chi connectivity index (χ2n) is 10.4. The van der Waals surface area contributed by atoms with Crippen LogP contribution in [0, 0.1) is 19.7 Å². The van der Waals surface area contributed by atoms with E-state index in [2.05, 4.69) is 36.1 Å². The van der Waals surface area contributed by atoms with E-state index in [0.717, 1.165) is 41.1 Å². The summed E-state index contributed by atoms with van der Waals surface area (Å²) in [6.07, 6.45) is 1.36. The number of carbonyl (C=O) groups excluding carboxylic acids is 1. The number of aromatic nitrogens is 4. The Morgan fingerprint density at radius 2 is 1.61 bits per heavy atom. The molecule has 208 valence electrons. The monoisotopic (exact) mass is 568 g/mol. The lowest BCUT2D eigenvalue weighted by Gasteiger charge is -2.24. The van der Waals surface area contributed by atoms with Gasteiger partial charge >= 0.3 is 0 Å². The van der Waals surface area contributed by atoms with Crippen molar-refractivity contribution in [3.63, 3.8) is 0 Å². The van der Waals surface area contributed by atoms with Gasteiger partial charge in [0.05, 0.1) is 16.8 Å². The van der Waals surface area contributed by atoms with Gasteiger partial charge in [0.1, 0.15) is 17.5 Å². The predicted molar refractivity (Wildman–Crippen MR) is 160 cm³/mol. The van der Waals surface area contributed by atoms with Gasteiger partial charge in [-0.3, -0.25) is 4.79 Å². The molecule has 5 aromatic rings. The molecule has 0 atom stereocenters. The molecule has 1 amide bonds. The third-order valence-corrected chi connectivity index (χ3v) is 7.71. The second-order valence-corrected chi connectivity index (χ2v) is 10.9. The molecule has 0 N–H and O–H groups in total. The van der Waals surface area contributed by atoms with Crippen LogP contribution in [-0.2, 0) is 6.42 Å². The Bertz CT molecular complexity index is 1700. The van der Waals surface area contributed by atoms with Crippen LogP contribution >= 0.6 is 11.6 Å². The fraction of sp³-hybridized carbons (Fsp3) is 0.250. The third-order valence-electron chi connectivity index (χ3n) is 7.46. The summed E-state index contributed by atoms with van der Waals surface area (Å²) < 4.78 is 15.5. The molecule has 7 nitrogen and oxygen atoms in total. The van der Waals surface area contributed by atoms with E-state index in [9.17, 15) is 9.18 Å². The van der Waals surface area contributed by atoms with Crippen molar-refractivity contribution in [3.05, 3.63) is 112 Å². The summed E-state index contributed by atoms with van der Waals surface area (Å²) in [6.45, 7) is 6.58. The number of hydrogen-bond donors (Lipinski definition) is 0. The van der Waals surface area contributed by atoms with Crippen LogP contribution < -0.4 is 4.90 Å². The lowest BCUT2D eigenvalue weighted by atomic mass is 10.1. The van der Waals surface area contributed by atoms with E-state index in [1.807, 2.05) is 11.8 Å². The number of nitrogens with zero attached hydrogens (tertiary/aromatic N) is 6. The highest BCUT2D eigenvalue weighted by atomic mass is 35.5. The number of hydrogen-bond acceptors (Lipinski definition) is 5. The maximum atomic E-state index is 13.7. The number of fused-ring (bicyclic) bond motifs is 1. The van der Waals surface area contributed by atoms with Crippen molar-refractivity contribution in [2.45, 2.75) is 26.7 Å². The molecular formula is C32H30ClFN6O. The lowest BCUT2D eigenvalue weighted by Crippen LogP contribution is -2.35. The van der Waals surface area contributed by atoms with E-state index >= 15 is 0 Å². The highest BCUT2D eigenvalue weighted by Gasteiger charge is 2.25. The average Bonchev–Trinajstić information content (AvgIpc) is 3.14. The van der Waals surface area contributed by atoms with Gasteiger partial charge in [-0.25, -0.2) is 19.0 Å². The molecule has 41 heavy (non-hydrogen) atoms. The molecule has 0 aliphatic carbocycles. The number of aryl methyl sites for hydroxylation is 2.